The Labute approximate surface area is 91.9 Å². The van der Waals surface area contributed by atoms with Crippen molar-refractivity contribution in [1.82, 2.24) is 4.98 Å². The maximum atomic E-state index is 5.14. The van der Waals surface area contributed by atoms with Gasteiger partial charge >= 0.3 is 0 Å². The molecule has 84 valence electrons. The van der Waals surface area contributed by atoms with Gasteiger partial charge in [0.1, 0.15) is 11.6 Å². The average Bonchev–Trinajstić information content (AvgIpc) is 2.28. The molecular weight excluding hydrogens is 188 g/mol. The first-order chi connectivity index (χ1) is 7.17. The fraction of sp³-hybridized carbons (Fsp3) is 0.583. The van der Waals surface area contributed by atoms with Gasteiger partial charge in [-0.25, -0.2) is 4.98 Å². The smallest absolute Gasteiger partial charge is 0.129 e. The van der Waals surface area contributed by atoms with Crippen LogP contribution in [0, 0.1) is 5.92 Å². The summed E-state index contributed by atoms with van der Waals surface area (Å²) in [5, 5.41) is 3.38. The van der Waals surface area contributed by atoms with Crippen LogP contribution in [0.25, 0.3) is 0 Å². The number of pyridine rings is 1. The minimum Gasteiger partial charge on any atom is -0.497 e. The van der Waals surface area contributed by atoms with E-state index in [4.69, 9.17) is 4.74 Å². The van der Waals surface area contributed by atoms with Gasteiger partial charge < -0.3 is 10.1 Å². The molecule has 1 aromatic heterocycles. The Morgan fingerprint density at radius 1 is 1.47 bits per heavy atom. The van der Waals surface area contributed by atoms with E-state index in [1.165, 1.54) is 0 Å². The van der Waals surface area contributed by atoms with Crippen LogP contribution < -0.4 is 10.1 Å². The third kappa shape index (κ3) is 3.42. The van der Waals surface area contributed by atoms with Gasteiger partial charge in [0.25, 0.3) is 0 Å². The van der Waals surface area contributed by atoms with Crippen LogP contribution in [0.1, 0.15) is 27.2 Å². The molecule has 0 aliphatic heterocycles. The fourth-order valence-corrected chi connectivity index (χ4v) is 1.35. The summed E-state index contributed by atoms with van der Waals surface area (Å²) in [6.07, 6.45) is 2.92. The van der Waals surface area contributed by atoms with Crippen molar-refractivity contribution >= 4 is 5.82 Å². The third-order valence-electron chi connectivity index (χ3n) is 2.84. The second kappa shape index (κ2) is 5.59. The van der Waals surface area contributed by atoms with Gasteiger partial charge in [-0.15, -0.1) is 0 Å². The van der Waals surface area contributed by atoms with E-state index in [1.54, 1.807) is 13.3 Å². The first kappa shape index (κ1) is 11.8. The number of nitrogens with one attached hydrogen (secondary N) is 1. The van der Waals surface area contributed by atoms with E-state index in [2.05, 4.69) is 31.1 Å². The summed E-state index contributed by atoms with van der Waals surface area (Å²) in [5.41, 5.74) is 0. The van der Waals surface area contributed by atoms with Gasteiger partial charge in [0.15, 0.2) is 0 Å². The van der Waals surface area contributed by atoms with Gasteiger partial charge in [-0.2, -0.15) is 0 Å². The molecule has 0 aliphatic rings. The first-order valence-corrected chi connectivity index (χ1v) is 5.44. The summed E-state index contributed by atoms with van der Waals surface area (Å²) in [6.45, 7) is 6.61. The number of nitrogens with zero attached hydrogens (tertiary/aromatic N) is 1. The van der Waals surface area contributed by atoms with Gasteiger partial charge in [0.2, 0.25) is 0 Å². The highest BCUT2D eigenvalue weighted by Crippen LogP contribution is 2.17. The van der Waals surface area contributed by atoms with Crippen LogP contribution in [0.15, 0.2) is 18.3 Å². The minimum atomic E-state index is 0.426. The topological polar surface area (TPSA) is 34.1 Å². The highest BCUT2D eigenvalue weighted by Gasteiger charge is 2.10. The van der Waals surface area contributed by atoms with E-state index in [9.17, 15) is 0 Å². The maximum absolute atomic E-state index is 5.14. The summed E-state index contributed by atoms with van der Waals surface area (Å²) in [7, 11) is 1.66. The monoisotopic (exact) mass is 208 g/mol. The van der Waals surface area contributed by atoms with Crippen molar-refractivity contribution in [3.05, 3.63) is 18.3 Å². The van der Waals surface area contributed by atoms with Crippen LogP contribution in [-0.2, 0) is 0 Å². The molecule has 0 amide bonds. The summed E-state index contributed by atoms with van der Waals surface area (Å²) >= 11 is 0. The fourth-order valence-electron chi connectivity index (χ4n) is 1.35. The molecule has 0 saturated heterocycles. The van der Waals surface area contributed by atoms with Gasteiger partial charge in [-0.05, 0) is 18.9 Å². The zero-order chi connectivity index (χ0) is 11.3. The summed E-state index contributed by atoms with van der Waals surface area (Å²) in [6, 6.07) is 4.19. The van der Waals surface area contributed by atoms with E-state index >= 15 is 0 Å². The Balaban J connectivity index is 2.63. The minimum absolute atomic E-state index is 0.426. The number of aromatic nitrogens is 1. The number of methoxy groups -OCH3 is 1. The van der Waals surface area contributed by atoms with Crippen LogP contribution in [0.2, 0.25) is 0 Å². The Kier molecular flexibility index (Phi) is 4.40. The molecule has 3 heteroatoms. The molecule has 15 heavy (non-hydrogen) atoms. The molecule has 3 nitrogen and oxygen atoms in total. The quantitative estimate of drug-likeness (QED) is 0.807. The summed E-state index contributed by atoms with van der Waals surface area (Å²) < 4.78 is 5.14. The normalized spacial score (nSPS) is 14.4. The van der Waals surface area contributed by atoms with Gasteiger partial charge in [-0.1, -0.05) is 20.3 Å². The van der Waals surface area contributed by atoms with Crippen molar-refractivity contribution in [3.63, 3.8) is 0 Å². The van der Waals surface area contributed by atoms with Crippen LogP contribution in [0.3, 0.4) is 0 Å². The number of rotatable bonds is 5. The molecule has 2 atom stereocenters. The molecular formula is C12H20N2O. The molecule has 1 rings (SSSR count). The standard InChI is InChI=1S/C12H20N2O/c1-5-9(2)10(3)14-12-8-11(15-4)6-7-13-12/h6-10H,5H2,1-4H3,(H,13,14). The van der Waals surface area contributed by atoms with Crippen LogP contribution >= 0.6 is 0 Å². The molecule has 1 aromatic rings. The average molecular weight is 208 g/mol. The summed E-state index contributed by atoms with van der Waals surface area (Å²) in [5.74, 6) is 2.35. The van der Waals surface area contributed by atoms with Crippen molar-refractivity contribution < 1.29 is 4.74 Å². The molecule has 0 radical (unpaired) electrons. The molecule has 2 unspecified atom stereocenters. The SMILES string of the molecule is CCC(C)C(C)Nc1cc(OC)ccn1. The molecule has 0 bridgehead atoms. The van der Waals surface area contributed by atoms with Crippen molar-refractivity contribution in [2.75, 3.05) is 12.4 Å². The maximum Gasteiger partial charge on any atom is 0.129 e. The Morgan fingerprint density at radius 3 is 2.80 bits per heavy atom. The molecule has 1 N–H and O–H groups in total. The lowest BCUT2D eigenvalue weighted by Gasteiger charge is -2.20. The number of ether oxygens (including phenoxy) is 1. The molecule has 0 spiro atoms. The zero-order valence-electron chi connectivity index (χ0n) is 9.95. The lowest BCUT2D eigenvalue weighted by Crippen LogP contribution is -2.23. The molecule has 0 fully saturated rings. The van der Waals surface area contributed by atoms with Crippen LogP contribution in [0.5, 0.6) is 5.75 Å². The van der Waals surface area contributed by atoms with E-state index in [0.717, 1.165) is 18.0 Å². The number of hydrogen-bond acceptors (Lipinski definition) is 3. The molecule has 0 aliphatic carbocycles. The Hall–Kier alpha value is -1.25. The van der Waals surface area contributed by atoms with Crippen molar-refractivity contribution in [1.29, 1.82) is 0 Å². The van der Waals surface area contributed by atoms with Gasteiger partial charge in [0, 0.05) is 18.3 Å². The second-order valence-electron chi connectivity index (χ2n) is 3.90. The van der Waals surface area contributed by atoms with E-state index < -0.39 is 0 Å². The third-order valence-corrected chi connectivity index (χ3v) is 2.84. The predicted molar refractivity (Wildman–Crippen MR) is 63.3 cm³/mol. The number of hydrogen-bond donors (Lipinski definition) is 1. The molecule has 1 heterocycles. The first-order valence-electron chi connectivity index (χ1n) is 5.44. The van der Waals surface area contributed by atoms with E-state index in [0.29, 0.717) is 12.0 Å². The summed E-state index contributed by atoms with van der Waals surface area (Å²) in [4.78, 5) is 4.25. The lowest BCUT2D eigenvalue weighted by atomic mass is 10.0. The molecule has 0 aromatic carbocycles. The van der Waals surface area contributed by atoms with Crippen molar-refractivity contribution in [3.8, 4) is 5.75 Å². The largest absolute Gasteiger partial charge is 0.497 e. The highest BCUT2D eigenvalue weighted by atomic mass is 16.5. The Morgan fingerprint density at radius 2 is 2.20 bits per heavy atom. The lowest BCUT2D eigenvalue weighted by molar-refractivity contribution is 0.414. The predicted octanol–water partition coefficient (Wildman–Crippen LogP) is 2.94. The van der Waals surface area contributed by atoms with Crippen molar-refractivity contribution in [2.24, 2.45) is 5.92 Å². The van der Waals surface area contributed by atoms with Gasteiger partial charge in [0.05, 0.1) is 7.11 Å². The highest BCUT2D eigenvalue weighted by molar-refractivity contribution is 5.41. The zero-order valence-corrected chi connectivity index (χ0v) is 9.95. The van der Waals surface area contributed by atoms with Gasteiger partial charge in [-0.3, -0.25) is 0 Å². The van der Waals surface area contributed by atoms with Crippen LogP contribution in [0.4, 0.5) is 5.82 Å². The second-order valence-corrected chi connectivity index (χ2v) is 3.90. The van der Waals surface area contributed by atoms with E-state index in [1.807, 2.05) is 12.1 Å². The van der Waals surface area contributed by atoms with E-state index in [-0.39, 0.29) is 0 Å². The van der Waals surface area contributed by atoms with Crippen molar-refractivity contribution in [2.45, 2.75) is 33.2 Å². The number of anilines is 1. The van der Waals surface area contributed by atoms with Crippen LogP contribution in [-0.4, -0.2) is 18.1 Å². The Bertz CT molecular complexity index is 301. The molecule has 0 saturated carbocycles.